The predicted octanol–water partition coefficient (Wildman–Crippen LogP) is 1.84. The van der Waals surface area contributed by atoms with Crippen molar-refractivity contribution >= 4 is 21.5 Å². The van der Waals surface area contributed by atoms with E-state index in [0.717, 1.165) is 17.2 Å². The van der Waals surface area contributed by atoms with E-state index in [1.165, 1.54) is 6.26 Å². The van der Waals surface area contributed by atoms with Crippen LogP contribution in [0.15, 0.2) is 35.2 Å². The number of aryl methyl sites for hydroxylation is 1. The van der Waals surface area contributed by atoms with Gasteiger partial charge in [0.15, 0.2) is 9.84 Å². The summed E-state index contributed by atoms with van der Waals surface area (Å²) in [5.41, 5.74) is 0.977. The summed E-state index contributed by atoms with van der Waals surface area (Å²) in [6.45, 7) is 2.39. The number of benzene rings is 1. The number of hydrogen-bond acceptors (Lipinski definition) is 6. The average molecular weight is 306 g/mol. The Morgan fingerprint density at radius 2 is 1.71 bits per heavy atom. The third-order valence-corrected chi connectivity index (χ3v) is 4.05. The van der Waals surface area contributed by atoms with Crippen LogP contribution in [-0.2, 0) is 16.4 Å². The second kappa shape index (κ2) is 6.09. The third kappa shape index (κ3) is 4.16. The average Bonchev–Trinajstić information content (AvgIpc) is 2.44. The van der Waals surface area contributed by atoms with Gasteiger partial charge in [-0.1, -0.05) is 12.1 Å². The van der Waals surface area contributed by atoms with Crippen molar-refractivity contribution in [1.82, 2.24) is 9.97 Å². The van der Waals surface area contributed by atoms with Gasteiger partial charge in [-0.05, 0) is 24.6 Å². The number of nitrogens with one attached hydrogen (secondary N) is 2. The van der Waals surface area contributed by atoms with Crippen molar-refractivity contribution in [2.45, 2.75) is 18.4 Å². The van der Waals surface area contributed by atoms with Crippen molar-refractivity contribution in [2.75, 3.05) is 23.9 Å². The fourth-order valence-corrected chi connectivity index (χ4v) is 2.46. The highest BCUT2D eigenvalue weighted by Gasteiger charge is 2.06. The van der Waals surface area contributed by atoms with Crippen LogP contribution in [0, 0.1) is 6.92 Å². The molecule has 0 aliphatic rings. The van der Waals surface area contributed by atoms with Crippen LogP contribution >= 0.6 is 0 Å². The summed E-state index contributed by atoms with van der Waals surface area (Å²) in [6, 6.07) is 8.61. The molecule has 6 nitrogen and oxygen atoms in total. The molecule has 0 bridgehead atoms. The molecule has 0 unspecified atom stereocenters. The van der Waals surface area contributed by atoms with Gasteiger partial charge in [0.2, 0.25) is 0 Å². The van der Waals surface area contributed by atoms with Crippen LogP contribution < -0.4 is 10.6 Å². The van der Waals surface area contributed by atoms with Crippen LogP contribution in [0.2, 0.25) is 0 Å². The molecule has 0 fully saturated rings. The topological polar surface area (TPSA) is 84.0 Å². The lowest BCUT2D eigenvalue weighted by Crippen LogP contribution is -2.05. The Hall–Kier alpha value is -2.15. The molecule has 0 saturated heterocycles. The van der Waals surface area contributed by atoms with Gasteiger partial charge in [-0.3, -0.25) is 0 Å². The highest BCUT2D eigenvalue weighted by Crippen LogP contribution is 2.14. The molecule has 2 aromatic rings. The molecule has 0 aliphatic heterocycles. The van der Waals surface area contributed by atoms with Gasteiger partial charge < -0.3 is 10.6 Å². The predicted molar refractivity (Wildman–Crippen MR) is 83.2 cm³/mol. The summed E-state index contributed by atoms with van der Waals surface area (Å²) in [7, 11) is -1.35. The maximum absolute atomic E-state index is 11.4. The van der Waals surface area contributed by atoms with E-state index in [2.05, 4.69) is 20.6 Å². The van der Waals surface area contributed by atoms with Crippen molar-refractivity contribution in [3.8, 4) is 0 Å². The largest absolute Gasteiger partial charge is 0.373 e. The molecule has 112 valence electrons. The summed E-state index contributed by atoms with van der Waals surface area (Å²) in [5.74, 6) is 2.15. The first-order chi connectivity index (χ1) is 9.88. The van der Waals surface area contributed by atoms with Crippen molar-refractivity contribution in [3.63, 3.8) is 0 Å². The number of sulfone groups is 1. The molecule has 0 radical (unpaired) electrons. The van der Waals surface area contributed by atoms with Gasteiger partial charge >= 0.3 is 0 Å². The van der Waals surface area contributed by atoms with Gasteiger partial charge in [-0.15, -0.1) is 0 Å². The van der Waals surface area contributed by atoms with Crippen molar-refractivity contribution in [1.29, 1.82) is 0 Å². The fraction of sp³-hybridized carbons (Fsp3) is 0.286. The molecular weight excluding hydrogens is 288 g/mol. The van der Waals surface area contributed by atoms with Gasteiger partial charge in [0.1, 0.15) is 17.5 Å². The summed E-state index contributed by atoms with van der Waals surface area (Å²) >= 11 is 0. The molecule has 0 spiro atoms. The quantitative estimate of drug-likeness (QED) is 0.877. The minimum absolute atomic E-state index is 0.321. The highest BCUT2D eigenvalue weighted by molar-refractivity contribution is 7.90. The number of rotatable bonds is 5. The number of hydrogen-bond donors (Lipinski definition) is 2. The Labute approximate surface area is 124 Å². The second-order valence-corrected chi connectivity index (χ2v) is 6.72. The van der Waals surface area contributed by atoms with E-state index in [4.69, 9.17) is 0 Å². The van der Waals surface area contributed by atoms with Crippen molar-refractivity contribution < 1.29 is 8.42 Å². The Bertz CT molecular complexity index is 727. The van der Waals surface area contributed by atoms with Gasteiger partial charge in [0.05, 0.1) is 4.90 Å². The molecule has 1 aromatic heterocycles. The van der Waals surface area contributed by atoms with E-state index in [0.29, 0.717) is 17.3 Å². The monoisotopic (exact) mass is 306 g/mol. The van der Waals surface area contributed by atoms with Gasteiger partial charge in [0, 0.05) is 25.9 Å². The molecule has 0 aliphatic carbocycles. The van der Waals surface area contributed by atoms with Gasteiger partial charge in [-0.25, -0.2) is 18.4 Å². The van der Waals surface area contributed by atoms with E-state index < -0.39 is 9.84 Å². The van der Waals surface area contributed by atoms with E-state index >= 15 is 0 Å². The molecule has 1 heterocycles. The number of aromatic nitrogens is 2. The molecule has 21 heavy (non-hydrogen) atoms. The van der Waals surface area contributed by atoms with Crippen molar-refractivity contribution in [3.05, 3.63) is 41.7 Å². The van der Waals surface area contributed by atoms with E-state index in [9.17, 15) is 8.42 Å². The lowest BCUT2D eigenvalue weighted by molar-refractivity contribution is 0.602. The molecular formula is C14H18N4O2S. The Morgan fingerprint density at radius 1 is 1.10 bits per heavy atom. The standard InChI is InChI=1S/C14H18N4O2S/c1-10-17-13(15-2)8-14(18-10)16-9-11-4-6-12(7-5-11)21(3,19)20/h4-8H,9H2,1-3H3,(H2,15,16,17,18). The van der Waals surface area contributed by atoms with Gasteiger partial charge in [-0.2, -0.15) is 0 Å². The molecule has 7 heteroatoms. The lowest BCUT2D eigenvalue weighted by atomic mass is 10.2. The number of nitrogens with zero attached hydrogens (tertiary/aromatic N) is 2. The lowest BCUT2D eigenvalue weighted by Gasteiger charge is -2.09. The van der Waals surface area contributed by atoms with Crippen molar-refractivity contribution in [2.24, 2.45) is 0 Å². The first-order valence-electron chi connectivity index (χ1n) is 6.45. The molecule has 0 saturated carbocycles. The molecule has 1 aromatic carbocycles. The van der Waals surface area contributed by atoms with Crippen LogP contribution in [0.3, 0.4) is 0 Å². The highest BCUT2D eigenvalue weighted by atomic mass is 32.2. The molecule has 2 N–H and O–H groups in total. The van der Waals surface area contributed by atoms with Crippen LogP contribution in [0.25, 0.3) is 0 Å². The zero-order valence-electron chi connectivity index (χ0n) is 12.2. The Balaban J connectivity index is 2.08. The maximum Gasteiger partial charge on any atom is 0.175 e. The normalized spacial score (nSPS) is 11.2. The number of anilines is 2. The van der Waals surface area contributed by atoms with Gasteiger partial charge in [0.25, 0.3) is 0 Å². The summed E-state index contributed by atoms with van der Waals surface area (Å²) < 4.78 is 22.8. The molecule has 0 atom stereocenters. The first kappa shape index (κ1) is 15.2. The SMILES string of the molecule is CNc1cc(NCc2ccc(S(C)(=O)=O)cc2)nc(C)n1. The third-order valence-electron chi connectivity index (χ3n) is 2.92. The summed E-state index contributed by atoms with van der Waals surface area (Å²) in [5, 5.41) is 6.17. The van der Waals surface area contributed by atoms with Crippen LogP contribution in [0.1, 0.15) is 11.4 Å². The summed E-state index contributed by atoms with van der Waals surface area (Å²) in [4.78, 5) is 8.83. The van der Waals surface area contributed by atoms with Crippen LogP contribution in [-0.4, -0.2) is 31.7 Å². The van der Waals surface area contributed by atoms with E-state index in [-0.39, 0.29) is 0 Å². The molecule has 0 amide bonds. The van der Waals surface area contributed by atoms with Crippen LogP contribution in [0.4, 0.5) is 11.6 Å². The zero-order valence-corrected chi connectivity index (χ0v) is 13.0. The Morgan fingerprint density at radius 3 is 2.29 bits per heavy atom. The minimum atomic E-state index is -3.15. The second-order valence-electron chi connectivity index (χ2n) is 4.71. The van der Waals surface area contributed by atoms with Crippen LogP contribution in [0.5, 0.6) is 0 Å². The van der Waals surface area contributed by atoms with E-state index in [1.54, 1.807) is 31.3 Å². The van der Waals surface area contributed by atoms with E-state index in [1.807, 2.05) is 13.0 Å². The minimum Gasteiger partial charge on any atom is -0.373 e. The maximum atomic E-state index is 11.4. The smallest absolute Gasteiger partial charge is 0.175 e. The zero-order chi connectivity index (χ0) is 15.5. The molecule has 2 rings (SSSR count). The Kier molecular flexibility index (Phi) is 4.42. The fourth-order valence-electron chi connectivity index (χ4n) is 1.83. The first-order valence-corrected chi connectivity index (χ1v) is 8.34. The summed E-state index contributed by atoms with van der Waals surface area (Å²) in [6.07, 6.45) is 1.20.